The second-order valence-electron chi connectivity index (χ2n) is 6.25. The van der Waals surface area contributed by atoms with Gasteiger partial charge in [0.1, 0.15) is 5.82 Å². The van der Waals surface area contributed by atoms with Gasteiger partial charge < -0.3 is 10.0 Å². The van der Waals surface area contributed by atoms with Crippen LogP contribution in [-0.4, -0.2) is 23.1 Å². The molecular weight excluding hydrogens is 355 g/mol. The Bertz CT molecular complexity index is 974. The van der Waals surface area contributed by atoms with Gasteiger partial charge in [-0.15, -0.1) is 0 Å². The maximum Gasteiger partial charge on any atom is 0.307 e. The van der Waals surface area contributed by atoms with Crippen molar-refractivity contribution in [2.45, 2.75) is 19.9 Å². The minimum Gasteiger partial charge on any atom is -0.481 e. The quantitative estimate of drug-likeness (QED) is 0.711. The normalized spacial score (nSPS) is 10.9. The van der Waals surface area contributed by atoms with Crippen LogP contribution in [0.1, 0.15) is 16.7 Å². The predicted octanol–water partition coefficient (Wildman–Crippen LogP) is 4.60. The highest BCUT2D eigenvalue weighted by Gasteiger charge is 2.17. The molecule has 0 saturated heterocycles. The van der Waals surface area contributed by atoms with Crippen LogP contribution in [0, 0.1) is 12.7 Å². The van der Waals surface area contributed by atoms with Crippen molar-refractivity contribution in [2.75, 3.05) is 11.9 Å². The molecule has 0 aliphatic rings. The Balaban J connectivity index is 2.11. The lowest BCUT2D eigenvalue weighted by atomic mass is 10.0. The molecule has 6 heteroatoms. The molecule has 3 rings (SSSR count). The van der Waals surface area contributed by atoms with E-state index in [1.165, 1.54) is 12.1 Å². The molecule has 0 atom stereocenters. The molecule has 0 fully saturated rings. The molecular formula is C20H18ClFN2O2. The molecule has 2 aromatic carbocycles. The van der Waals surface area contributed by atoms with Crippen LogP contribution in [0.15, 0.2) is 42.6 Å². The number of halogens is 2. The number of carboxylic acid groups (broad SMARTS) is 1. The number of aliphatic carboxylic acids is 1. The smallest absolute Gasteiger partial charge is 0.307 e. The summed E-state index contributed by atoms with van der Waals surface area (Å²) in [5.41, 5.74) is 3.93. The molecule has 0 unspecified atom stereocenters. The van der Waals surface area contributed by atoms with E-state index in [0.29, 0.717) is 17.1 Å². The highest BCUT2D eigenvalue weighted by molar-refractivity contribution is 6.32. The third-order valence-electron chi connectivity index (χ3n) is 4.33. The number of benzene rings is 2. The lowest BCUT2D eigenvalue weighted by molar-refractivity contribution is -0.136. The Morgan fingerprint density at radius 1 is 1.23 bits per heavy atom. The SMILES string of the molecule is Cc1c(Cl)ccc2c(N(C)Cc3ccc(F)cc3)c(CC(=O)O)cnc12. The van der Waals surface area contributed by atoms with E-state index >= 15 is 0 Å². The van der Waals surface area contributed by atoms with Crippen LogP contribution in [0.3, 0.4) is 0 Å². The zero-order valence-electron chi connectivity index (χ0n) is 14.5. The second-order valence-corrected chi connectivity index (χ2v) is 6.66. The molecule has 1 N–H and O–H groups in total. The number of aryl methyl sites for hydroxylation is 1. The van der Waals surface area contributed by atoms with Crippen LogP contribution in [0.4, 0.5) is 10.1 Å². The molecule has 0 radical (unpaired) electrons. The topological polar surface area (TPSA) is 53.4 Å². The van der Waals surface area contributed by atoms with Crippen LogP contribution >= 0.6 is 11.6 Å². The number of hydrogen-bond acceptors (Lipinski definition) is 3. The van der Waals surface area contributed by atoms with Crippen LogP contribution in [0.2, 0.25) is 5.02 Å². The second kappa shape index (κ2) is 7.30. The zero-order valence-corrected chi connectivity index (χ0v) is 15.2. The van der Waals surface area contributed by atoms with Gasteiger partial charge in [-0.25, -0.2) is 4.39 Å². The van der Waals surface area contributed by atoms with Gasteiger partial charge in [-0.05, 0) is 42.3 Å². The van der Waals surface area contributed by atoms with Crippen molar-refractivity contribution in [2.24, 2.45) is 0 Å². The summed E-state index contributed by atoms with van der Waals surface area (Å²) in [6, 6.07) is 9.91. The summed E-state index contributed by atoms with van der Waals surface area (Å²) in [5, 5.41) is 10.7. The number of anilines is 1. The average molecular weight is 373 g/mol. The summed E-state index contributed by atoms with van der Waals surface area (Å²) in [6.07, 6.45) is 1.46. The van der Waals surface area contributed by atoms with E-state index in [4.69, 9.17) is 11.6 Å². The van der Waals surface area contributed by atoms with Gasteiger partial charge in [-0.3, -0.25) is 9.78 Å². The first kappa shape index (κ1) is 18.1. The van der Waals surface area contributed by atoms with Crippen molar-refractivity contribution in [3.63, 3.8) is 0 Å². The fourth-order valence-corrected chi connectivity index (χ4v) is 3.25. The van der Waals surface area contributed by atoms with Gasteiger partial charge in [0.25, 0.3) is 0 Å². The highest BCUT2D eigenvalue weighted by Crippen LogP contribution is 2.34. The standard InChI is InChI=1S/C20H18ClFN2O2/c1-12-17(21)8-7-16-19(12)23-10-14(9-18(25)26)20(16)24(2)11-13-3-5-15(22)6-4-13/h3-8,10H,9,11H2,1-2H3,(H,25,26). The third-order valence-corrected chi connectivity index (χ3v) is 4.74. The van der Waals surface area contributed by atoms with Crippen molar-refractivity contribution >= 4 is 34.2 Å². The Labute approximate surface area is 155 Å². The lowest BCUT2D eigenvalue weighted by Crippen LogP contribution is -2.20. The molecule has 0 aliphatic heterocycles. The monoisotopic (exact) mass is 372 g/mol. The van der Waals surface area contributed by atoms with Crippen molar-refractivity contribution in [1.82, 2.24) is 4.98 Å². The molecule has 0 bridgehead atoms. The Morgan fingerprint density at radius 2 is 1.92 bits per heavy atom. The first-order chi connectivity index (χ1) is 12.4. The summed E-state index contributed by atoms with van der Waals surface area (Å²) in [6.45, 7) is 2.39. The Morgan fingerprint density at radius 3 is 2.58 bits per heavy atom. The molecule has 3 aromatic rings. The van der Waals surface area contributed by atoms with Gasteiger partial charge in [-0.2, -0.15) is 0 Å². The fraction of sp³-hybridized carbons (Fsp3) is 0.200. The molecule has 26 heavy (non-hydrogen) atoms. The van der Waals surface area contributed by atoms with Gasteiger partial charge in [0, 0.05) is 35.8 Å². The van der Waals surface area contributed by atoms with E-state index in [-0.39, 0.29) is 12.2 Å². The van der Waals surface area contributed by atoms with Crippen LogP contribution in [0.5, 0.6) is 0 Å². The molecule has 134 valence electrons. The van der Waals surface area contributed by atoms with Crippen LogP contribution < -0.4 is 4.90 Å². The van der Waals surface area contributed by atoms with E-state index in [9.17, 15) is 14.3 Å². The number of hydrogen-bond donors (Lipinski definition) is 1. The highest BCUT2D eigenvalue weighted by atomic mass is 35.5. The summed E-state index contributed by atoms with van der Waals surface area (Å²) in [4.78, 5) is 17.7. The van der Waals surface area contributed by atoms with Gasteiger partial charge in [0.15, 0.2) is 0 Å². The fourth-order valence-electron chi connectivity index (χ4n) is 3.10. The Hall–Kier alpha value is -2.66. The summed E-state index contributed by atoms with van der Waals surface area (Å²) in [7, 11) is 1.88. The number of carboxylic acids is 1. The number of pyridine rings is 1. The summed E-state index contributed by atoms with van der Waals surface area (Å²) in [5.74, 6) is -1.21. The van der Waals surface area contributed by atoms with Crippen molar-refractivity contribution in [1.29, 1.82) is 0 Å². The minimum absolute atomic E-state index is 0.131. The molecule has 0 aliphatic carbocycles. The molecule has 1 heterocycles. The number of nitrogens with zero attached hydrogens (tertiary/aromatic N) is 2. The van der Waals surface area contributed by atoms with Crippen molar-refractivity contribution in [3.8, 4) is 0 Å². The summed E-state index contributed by atoms with van der Waals surface area (Å²) < 4.78 is 13.1. The number of rotatable bonds is 5. The van der Waals surface area contributed by atoms with Crippen molar-refractivity contribution < 1.29 is 14.3 Å². The largest absolute Gasteiger partial charge is 0.481 e. The molecule has 4 nitrogen and oxygen atoms in total. The zero-order chi connectivity index (χ0) is 18.8. The van der Waals surface area contributed by atoms with E-state index in [1.807, 2.05) is 24.9 Å². The van der Waals surface area contributed by atoms with Gasteiger partial charge >= 0.3 is 5.97 Å². The van der Waals surface area contributed by atoms with Crippen LogP contribution in [-0.2, 0) is 17.8 Å². The van der Waals surface area contributed by atoms with E-state index in [2.05, 4.69) is 4.98 Å². The van der Waals surface area contributed by atoms with Crippen LogP contribution in [0.25, 0.3) is 10.9 Å². The van der Waals surface area contributed by atoms with E-state index in [0.717, 1.165) is 27.7 Å². The maximum atomic E-state index is 13.1. The molecule has 0 saturated carbocycles. The molecule has 0 spiro atoms. The molecule has 0 amide bonds. The number of fused-ring (bicyclic) bond motifs is 1. The number of aromatic nitrogens is 1. The third kappa shape index (κ3) is 3.63. The molecule has 1 aromatic heterocycles. The first-order valence-electron chi connectivity index (χ1n) is 8.11. The van der Waals surface area contributed by atoms with E-state index < -0.39 is 5.97 Å². The minimum atomic E-state index is -0.923. The van der Waals surface area contributed by atoms with Gasteiger partial charge in [0.2, 0.25) is 0 Å². The lowest BCUT2D eigenvalue weighted by Gasteiger charge is -2.24. The number of carbonyl (C=O) groups is 1. The van der Waals surface area contributed by atoms with Gasteiger partial charge in [-0.1, -0.05) is 23.7 Å². The summed E-state index contributed by atoms with van der Waals surface area (Å²) >= 11 is 6.21. The van der Waals surface area contributed by atoms with E-state index in [1.54, 1.807) is 24.4 Å². The first-order valence-corrected chi connectivity index (χ1v) is 8.48. The van der Waals surface area contributed by atoms with Crippen molar-refractivity contribution in [3.05, 3.63) is 70.1 Å². The maximum absolute atomic E-state index is 13.1. The Kier molecular flexibility index (Phi) is 5.09. The van der Waals surface area contributed by atoms with Gasteiger partial charge in [0.05, 0.1) is 17.6 Å². The predicted molar refractivity (Wildman–Crippen MR) is 101 cm³/mol. The average Bonchev–Trinajstić information content (AvgIpc) is 2.59.